The van der Waals surface area contributed by atoms with Gasteiger partial charge in [-0.15, -0.1) is 0 Å². The molecule has 4 heteroatoms. The molecule has 2 aliphatic rings. The van der Waals surface area contributed by atoms with E-state index < -0.39 is 0 Å². The lowest BCUT2D eigenvalue weighted by Crippen LogP contribution is -2.30. The molecule has 1 aliphatic heterocycles. The molecule has 1 heterocycles. The number of hydrogen-bond donors (Lipinski definition) is 1. The van der Waals surface area contributed by atoms with Crippen LogP contribution in [-0.4, -0.2) is 18.4 Å². The van der Waals surface area contributed by atoms with Gasteiger partial charge in [0, 0.05) is 30.3 Å². The first-order valence-corrected chi connectivity index (χ1v) is 7.72. The van der Waals surface area contributed by atoms with Crippen molar-refractivity contribution in [2.75, 3.05) is 16.8 Å². The molecule has 0 spiro atoms. The topological polar surface area (TPSA) is 49.4 Å². The number of nitrogens with one attached hydrogen (secondary N) is 1. The highest BCUT2D eigenvalue weighted by Crippen LogP contribution is 2.39. The molecule has 1 N–H and O–H groups in total. The zero-order chi connectivity index (χ0) is 15.0. The molecule has 0 aromatic heterocycles. The molecule has 1 aliphatic carbocycles. The van der Waals surface area contributed by atoms with E-state index >= 15 is 0 Å². The van der Waals surface area contributed by atoms with Crippen molar-refractivity contribution in [3.63, 3.8) is 0 Å². The second-order valence-corrected chi connectivity index (χ2v) is 6.49. The van der Waals surface area contributed by atoms with Crippen LogP contribution in [0.15, 0.2) is 18.2 Å². The molecule has 112 valence electrons. The van der Waals surface area contributed by atoms with Crippen LogP contribution in [0.2, 0.25) is 0 Å². The molecule has 0 saturated heterocycles. The van der Waals surface area contributed by atoms with Crippen molar-refractivity contribution in [2.24, 2.45) is 5.41 Å². The fraction of sp³-hybridized carbons (Fsp3) is 0.529. The van der Waals surface area contributed by atoms with Gasteiger partial charge in [0.15, 0.2) is 0 Å². The maximum absolute atomic E-state index is 12.4. The monoisotopic (exact) mass is 286 g/mol. The minimum absolute atomic E-state index is 0.0732. The van der Waals surface area contributed by atoms with Gasteiger partial charge in [-0.2, -0.15) is 0 Å². The lowest BCUT2D eigenvalue weighted by atomic mass is 9.88. The second kappa shape index (κ2) is 5.17. The smallest absolute Gasteiger partial charge is 0.230 e. The first-order valence-electron chi connectivity index (χ1n) is 7.72. The second-order valence-electron chi connectivity index (χ2n) is 6.49. The first kappa shape index (κ1) is 14.1. The normalized spacial score (nSPS) is 19.4. The van der Waals surface area contributed by atoms with Crippen LogP contribution < -0.4 is 10.2 Å². The molecule has 3 rings (SSSR count). The summed E-state index contributed by atoms with van der Waals surface area (Å²) in [5.74, 6) is 0.199. The average molecular weight is 286 g/mol. The third kappa shape index (κ3) is 2.55. The van der Waals surface area contributed by atoms with Crippen molar-refractivity contribution in [2.45, 2.75) is 46.0 Å². The maximum atomic E-state index is 12.4. The van der Waals surface area contributed by atoms with Crippen molar-refractivity contribution in [3.05, 3.63) is 23.8 Å². The molecule has 1 saturated carbocycles. The van der Waals surface area contributed by atoms with E-state index in [-0.39, 0.29) is 17.2 Å². The number of rotatable bonds is 2. The number of fused-ring (bicyclic) bond motifs is 1. The Balaban J connectivity index is 1.76. The number of hydrogen-bond acceptors (Lipinski definition) is 2. The molecule has 1 aromatic carbocycles. The number of carbonyl (C=O) groups excluding carboxylic acids is 2. The van der Waals surface area contributed by atoms with Gasteiger partial charge in [-0.25, -0.2) is 0 Å². The Morgan fingerprint density at radius 3 is 2.62 bits per heavy atom. The van der Waals surface area contributed by atoms with E-state index in [0.29, 0.717) is 0 Å². The van der Waals surface area contributed by atoms with Crippen LogP contribution >= 0.6 is 0 Å². The number of benzene rings is 1. The molecule has 0 unspecified atom stereocenters. The SMILES string of the molecule is CC(=O)N1CCc2cc(NC(=O)C3(C)CCCC3)ccc21. The third-order valence-electron chi connectivity index (χ3n) is 4.87. The third-order valence-corrected chi connectivity index (χ3v) is 4.87. The average Bonchev–Trinajstić information content (AvgIpc) is 3.05. The molecule has 4 nitrogen and oxygen atoms in total. The molecule has 21 heavy (non-hydrogen) atoms. The Bertz CT molecular complexity index is 588. The lowest BCUT2D eigenvalue weighted by Gasteiger charge is -2.22. The number of amides is 2. The highest BCUT2D eigenvalue weighted by Gasteiger charge is 2.36. The van der Waals surface area contributed by atoms with Gasteiger partial charge in [-0.3, -0.25) is 9.59 Å². The Morgan fingerprint density at radius 1 is 1.24 bits per heavy atom. The predicted molar refractivity (Wildman–Crippen MR) is 83.4 cm³/mol. The first-order chi connectivity index (χ1) is 9.99. The molecule has 1 fully saturated rings. The standard InChI is InChI=1S/C17H22N2O2/c1-12(20)19-10-7-13-11-14(5-6-15(13)19)18-16(21)17(2)8-3-4-9-17/h5-6,11H,3-4,7-10H2,1-2H3,(H,18,21). The van der Waals surface area contributed by atoms with Crippen LogP contribution in [0.4, 0.5) is 11.4 Å². The predicted octanol–water partition coefficient (Wildman–Crippen LogP) is 3.11. The summed E-state index contributed by atoms with van der Waals surface area (Å²) in [7, 11) is 0. The molecule has 2 amide bonds. The Hall–Kier alpha value is -1.84. The van der Waals surface area contributed by atoms with Crippen molar-refractivity contribution >= 4 is 23.2 Å². The summed E-state index contributed by atoms with van der Waals surface area (Å²) in [6, 6.07) is 5.85. The van der Waals surface area contributed by atoms with Crippen LogP contribution in [0.3, 0.4) is 0 Å². The minimum atomic E-state index is -0.218. The van der Waals surface area contributed by atoms with E-state index in [2.05, 4.69) is 12.2 Å². The largest absolute Gasteiger partial charge is 0.326 e. The van der Waals surface area contributed by atoms with Crippen molar-refractivity contribution in [1.29, 1.82) is 0 Å². The maximum Gasteiger partial charge on any atom is 0.230 e. The lowest BCUT2D eigenvalue weighted by molar-refractivity contribution is -0.124. The fourth-order valence-electron chi connectivity index (χ4n) is 3.47. The summed E-state index contributed by atoms with van der Waals surface area (Å²) < 4.78 is 0. The van der Waals surface area contributed by atoms with Crippen molar-refractivity contribution < 1.29 is 9.59 Å². The molecule has 1 aromatic rings. The zero-order valence-electron chi connectivity index (χ0n) is 12.7. The highest BCUT2D eigenvalue weighted by atomic mass is 16.2. The summed E-state index contributed by atoms with van der Waals surface area (Å²) in [5, 5.41) is 3.06. The minimum Gasteiger partial charge on any atom is -0.326 e. The van der Waals surface area contributed by atoms with E-state index in [0.717, 1.165) is 55.6 Å². The van der Waals surface area contributed by atoms with Crippen LogP contribution in [0.1, 0.15) is 45.1 Å². The van der Waals surface area contributed by atoms with Gasteiger partial charge in [-0.1, -0.05) is 19.8 Å². The molecule has 0 atom stereocenters. The molecular formula is C17H22N2O2. The van der Waals surface area contributed by atoms with Crippen molar-refractivity contribution in [1.82, 2.24) is 0 Å². The van der Waals surface area contributed by atoms with Gasteiger partial charge in [0.2, 0.25) is 11.8 Å². The number of nitrogens with zero attached hydrogens (tertiary/aromatic N) is 1. The summed E-state index contributed by atoms with van der Waals surface area (Å²) >= 11 is 0. The summed E-state index contributed by atoms with van der Waals surface area (Å²) in [5.41, 5.74) is 2.74. The summed E-state index contributed by atoms with van der Waals surface area (Å²) in [6.45, 7) is 4.38. The van der Waals surface area contributed by atoms with E-state index in [1.807, 2.05) is 18.2 Å². The molecular weight excluding hydrogens is 264 g/mol. The Kier molecular flexibility index (Phi) is 3.47. The van der Waals surface area contributed by atoms with Gasteiger partial charge < -0.3 is 10.2 Å². The van der Waals surface area contributed by atoms with Crippen molar-refractivity contribution in [3.8, 4) is 0 Å². The van der Waals surface area contributed by atoms with Gasteiger partial charge in [0.1, 0.15) is 0 Å². The van der Waals surface area contributed by atoms with Gasteiger partial charge in [0.25, 0.3) is 0 Å². The zero-order valence-corrected chi connectivity index (χ0v) is 12.7. The van der Waals surface area contributed by atoms with E-state index in [4.69, 9.17) is 0 Å². The highest BCUT2D eigenvalue weighted by molar-refractivity contribution is 5.97. The number of carbonyl (C=O) groups is 2. The van der Waals surface area contributed by atoms with E-state index in [1.54, 1.807) is 11.8 Å². The Morgan fingerprint density at radius 2 is 1.95 bits per heavy atom. The van der Waals surface area contributed by atoms with Gasteiger partial charge in [0.05, 0.1) is 0 Å². The van der Waals surface area contributed by atoms with Crippen LogP contribution in [0.25, 0.3) is 0 Å². The van der Waals surface area contributed by atoms with Crippen LogP contribution in [0, 0.1) is 5.41 Å². The van der Waals surface area contributed by atoms with E-state index in [9.17, 15) is 9.59 Å². The number of anilines is 2. The molecule has 0 radical (unpaired) electrons. The summed E-state index contributed by atoms with van der Waals surface area (Å²) in [6.07, 6.45) is 5.09. The van der Waals surface area contributed by atoms with Crippen LogP contribution in [0.5, 0.6) is 0 Å². The molecule has 0 bridgehead atoms. The van der Waals surface area contributed by atoms with Gasteiger partial charge >= 0.3 is 0 Å². The Labute approximate surface area is 125 Å². The van der Waals surface area contributed by atoms with E-state index in [1.165, 1.54) is 0 Å². The van der Waals surface area contributed by atoms with Crippen LogP contribution in [-0.2, 0) is 16.0 Å². The van der Waals surface area contributed by atoms with Gasteiger partial charge in [-0.05, 0) is 43.0 Å². The quantitative estimate of drug-likeness (QED) is 0.908. The summed E-state index contributed by atoms with van der Waals surface area (Å²) in [4.78, 5) is 25.8. The fourth-order valence-corrected chi connectivity index (χ4v) is 3.47.